The zero-order valence-corrected chi connectivity index (χ0v) is 8.30. The fourth-order valence-corrected chi connectivity index (χ4v) is 1.78. The van der Waals surface area contributed by atoms with Crippen LogP contribution in [0.5, 0.6) is 0 Å². The summed E-state index contributed by atoms with van der Waals surface area (Å²) in [7, 11) is 0. The van der Waals surface area contributed by atoms with Gasteiger partial charge >= 0.3 is 0 Å². The van der Waals surface area contributed by atoms with Gasteiger partial charge in [-0.3, -0.25) is 0 Å². The summed E-state index contributed by atoms with van der Waals surface area (Å²) in [4.78, 5) is 0. The summed E-state index contributed by atoms with van der Waals surface area (Å²) in [5, 5.41) is 0.781. The van der Waals surface area contributed by atoms with Gasteiger partial charge in [-0.2, -0.15) is 0 Å². The minimum absolute atomic E-state index is 0.172. The molecule has 1 aromatic rings. The van der Waals surface area contributed by atoms with Crippen LogP contribution in [0.4, 0.5) is 0 Å². The molecule has 13 heavy (non-hydrogen) atoms. The third kappa shape index (κ3) is 2.45. The van der Waals surface area contributed by atoms with Crippen LogP contribution in [0.15, 0.2) is 24.3 Å². The molecule has 2 N–H and O–H groups in total. The Morgan fingerprint density at radius 2 is 2.23 bits per heavy atom. The van der Waals surface area contributed by atoms with Crippen LogP contribution < -0.4 is 5.73 Å². The van der Waals surface area contributed by atoms with Gasteiger partial charge < -0.3 is 5.73 Å². The van der Waals surface area contributed by atoms with Crippen LogP contribution >= 0.6 is 11.6 Å². The molecule has 1 aliphatic rings. The van der Waals surface area contributed by atoms with Crippen molar-refractivity contribution >= 4 is 11.6 Å². The van der Waals surface area contributed by atoms with E-state index in [9.17, 15) is 0 Å². The standard InChI is InChI=1S/C11H14ClN/c12-10-3-1-2-9(7-10)11(13)6-8-4-5-8/h1-3,7-8,11H,4-6,13H2. The van der Waals surface area contributed by atoms with Crippen molar-refractivity contribution in [3.8, 4) is 0 Å². The van der Waals surface area contributed by atoms with Crippen LogP contribution in [-0.2, 0) is 0 Å². The van der Waals surface area contributed by atoms with Crippen LogP contribution in [0.25, 0.3) is 0 Å². The van der Waals surface area contributed by atoms with Gasteiger partial charge in [0.05, 0.1) is 0 Å². The van der Waals surface area contributed by atoms with Crippen molar-refractivity contribution in [2.45, 2.75) is 25.3 Å². The minimum Gasteiger partial charge on any atom is -0.324 e. The molecule has 1 aliphatic carbocycles. The van der Waals surface area contributed by atoms with Crippen molar-refractivity contribution in [2.75, 3.05) is 0 Å². The van der Waals surface area contributed by atoms with E-state index >= 15 is 0 Å². The van der Waals surface area contributed by atoms with E-state index in [4.69, 9.17) is 17.3 Å². The molecular weight excluding hydrogens is 182 g/mol. The first-order valence-corrected chi connectivity index (χ1v) is 5.14. The van der Waals surface area contributed by atoms with Crippen molar-refractivity contribution in [3.05, 3.63) is 34.9 Å². The molecule has 0 spiro atoms. The first kappa shape index (κ1) is 9.04. The minimum atomic E-state index is 0.172. The first-order chi connectivity index (χ1) is 6.25. The Kier molecular flexibility index (Phi) is 2.56. The summed E-state index contributed by atoms with van der Waals surface area (Å²) < 4.78 is 0. The summed E-state index contributed by atoms with van der Waals surface area (Å²) in [5.41, 5.74) is 7.21. The van der Waals surface area contributed by atoms with Crippen LogP contribution in [0.1, 0.15) is 30.9 Å². The molecule has 1 fully saturated rings. The Morgan fingerprint density at radius 3 is 2.85 bits per heavy atom. The number of rotatable bonds is 3. The van der Waals surface area contributed by atoms with Crippen molar-refractivity contribution in [1.29, 1.82) is 0 Å². The van der Waals surface area contributed by atoms with E-state index in [0.717, 1.165) is 17.4 Å². The maximum absolute atomic E-state index is 6.05. The van der Waals surface area contributed by atoms with E-state index in [0.29, 0.717) is 0 Å². The smallest absolute Gasteiger partial charge is 0.0409 e. The number of hydrogen-bond donors (Lipinski definition) is 1. The Hall–Kier alpha value is -0.530. The average Bonchev–Trinajstić information content (AvgIpc) is 2.88. The quantitative estimate of drug-likeness (QED) is 0.788. The molecule has 1 nitrogen and oxygen atoms in total. The molecule has 0 amide bonds. The Bertz CT molecular complexity index is 294. The fraction of sp³-hybridized carbons (Fsp3) is 0.455. The molecule has 2 heteroatoms. The Balaban J connectivity index is 2.04. The van der Waals surface area contributed by atoms with Crippen LogP contribution in [-0.4, -0.2) is 0 Å². The second-order valence-electron chi connectivity index (χ2n) is 3.84. The topological polar surface area (TPSA) is 26.0 Å². The molecule has 70 valence electrons. The Labute approximate surface area is 83.9 Å². The second-order valence-corrected chi connectivity index (χ2v) is 4.28. The van der Waals surface area contributed by atoms with Gasteiger partial charge in [0.1, 0.15) is 0 Å². The second kappa shape index (κ2) is 3.69. The fourth-order valence-electron chi connectivity index (χ4n) is 1.59. The predicted octanol–water partition coefficient (Wildman–Crippen LogP) is 3.14. The zero-order valence-electron chi connectivity index (χ0n) is 7.54. The van der Waals surface area contributed by atoms with Gasteiger partial charge in [0.2, 0.25) is 0 Å². The summed E-state index contributed by atoms with van der Waals surface area (Å²) in [6.45, 7) is 0. The molecule has 2 rings (SSSR count). The molecular formula is C11H14ClN. The number of nitrogens with two attached hydrogens (primary N) is 1. The molecule has 0 heterocycles. The number of hydrogen-bond acceptors (Lipinski definition) is 1. The Morgan fingerprint density at radius 1 is 1.46 bits per heavy atom. The summed E-state index contributed by atoms with van der Waals surface area (Å²) >= 11 is 5.89. The molecule has 1 saturated carbocycles. The highest BCUT2D eigenvalue weighted by atomic mass is 35.5. The maximum Gasteiger partial charge on any atom is 0.0409 e. The van der Waals surface area contributed by atoms with Gasteiger partial charge in [-0.15, -0.1) is 0 Å². The zero-order chi connectivity index (χ0) is 9.26. The molecule has 1 unspecified atom stereocenters. The predicted molar refractivity (Wildman–Crippen MR) is 55.7 cm³/mol. The lowest BCUT2D eigenvalue weighted by atomic mass is 10.0. The van der Waals surface area contributed by atoms with Gasteiger partial charge in [0.15, 0.2) is 0 Å². The lowest BCUT2D eigenvalue weighted by Gasteiger charge is -2.11. The molecule has 1 atom stereocenters. The van der Waals surface area contributed by atoms with Gasteiger partial charge in [-0.1, -0.05) is 36.6 Å². The average molecular weight is 196 g/mol. The highest BCUT2D eigenvalue weighted by molar-refractivity contribution is 6.30. The van der Waals surface area contributed by atoms with Crippen molar-refractivity contribution < 1.29 is 0 Å². The molecule has 0 aliphatic heterocycles. The SMILES string of the molecule is NC(CC1CC1)c1cccc(Cl)c1. The monoisotopic (exact) mass is 195 g/mol. The molecule has 0 saturated heterocycles. The normalized spacial score (nSPS) is 18.6. The number of benzene rings is 1. The maximum atomic E-state index is 6.05. The van der Waals surface area contributed by atoms with Crippen LogP contribution in [0, 0.1) is 5.92 Å². The first-order valence-electron chi connectivity index (χ1n) is 4.77. The van der Waals surface area contributed by atoms with Crippen LogP contribution in [0.3, 0.4) is 0 Å². The van der Waals surface area contributed by atoms with Crippen LogP contribution in [0.2, 0.25) is 5.02 Å². The number of halogens is 1. The van der Waals surface area contributed by atoms with Gasteiger partial charge in [0.25, 0.3) is 0 Å². The molecule has 1 aromatic carbocycles. The lowest BCUT2D eigenvalue weighted by molar-refractivity contribution is 0.597. The van der Waals surface area contributed by atoms with Gasteiger partial charge in [0, 0.05) is 11.1 Å². The van der Waals surface area contributed by atoms with Gasteiger partial charge in [-0.05, 0) is 30.0 Å². The van der Waals surface area contributed by atoms with E-state index in [1.165, 1.54) is 18.4 Å². The van der Waals surface area contributed by atoms with Crippen molar-refractivity contribution in [3.63, 3.8) is 0 Å². The summed E-state index contributed by atoms with van der Waals surface area (Å²) in [6, 6.07) is 8.04. The van der Waals surface area contributed by atoms with Crippen molar-refractivity contribution in [2.24, 2.45) is 11.7 Å². The van der Waals surface area contributed by atoms with E-state index in [2.05, 4.69) is 6.07 Å². The highest BCUT2D eigenvalue weighted by Crippen LogP contribution is 2.36. The van der Waals surface area contributed by atoms with Crippen molar-refractivity contribution in [1.82, 2.24) is 0 Å². The summed E-state index contributed by atoms with van der Waals surface area (Å²) in [5.74, 6) is 0.869. The van der Waals surface area contributed by atoms with E-state index < -0.39 is 0 Å². The third-order valence-electron chi connectivity index (χ3n) is 2.56. The van der Waals surface area contributed by atoms with Gasteiger partial charge in [-0.25, -0.2) is 0 Å². The van der Waals surface area contributed by atoms with E-state index in [1.807, 2.05) is 18.2 Å². The molecule has 0 radical (unpaired) electrons. The highest BCUT2D eigenvalue weighted by Gasteiger charge is 2.24. The largest absolute Gasteiger partial charge is 0.324 e. The molecule has 0 aromatic heterocycles. The van der Waals surface area contributed by atoms with E-state index in [-0.39, 0.29) is 6.04 Å². The summed E-state index contributed by atoms with van der Waals surface area (Å²) in [6.07, 6.45) is 3.82. The molecule has 0 bridgehead atoms. The van der Waals surface area contributed by atoms with E-state index in [1.54, 1.807) is 0 Å². The third-order valence-corrected chi connectivity index (χ3v) is 2.80. The lowest BCUT2D eigenvalue weighted by Crippen LogP contribution is -2.10.